The summed E-state index contributed by atoms with van der Waals surface area (Å²) in [4.78, 5) is 3.92. The first-order valence-electron chi connectivity index (χ1n) is 4.03. The molecule has 1 heterocycles. The van der Waals surface area contributed by atoms with Crippen LogP contribution in [-0.2, 0) is 16.4 Å². The molecule has 5 heteroatoms. The van der Waals surface area contributed by atoms with Gasteiger partial charge < -0.3 is 0 Å². The lowest BCUT2D eigenvalue weighted by atomic mass is 10.2. The second-order valence-corrected chi connectivity index (χ2v) is 4.27. The zero-order chi connectivity index (χ0) is 9.90. The molecule has 4 nitrogen and oxygen atoms in total. The smallest absolute Gasteiger partial charge is 0.240 e. The SMILES string of the molecule is CCCc1cccc(S(N)(=O)=O)n1. The van der Waals surface area contributed by atoms with Crippen molar-refractivity contribution in [3.8, 4) is 0 Å². The van der Waals surface area contributed by atoms with Crippen LogP contribution >= 0.6 is 0 Å². The molecular formula is C8H12N2O2S. The first-order valence-corrected chi connectivity index (χ1v) is 5.57. The summed E-state index contributed by atoms with van der Waals surface area (Å²) in [5.41, 5.74) is 0.758. The van der Waals surface area contributed by atoms with Crippen molar-refractivity contribution in [2.45, 2.75) is 24.8 Å². The Labute approximate surface area is 77.8 Å². The van der Waals surface area contributed by atoms with E-state index in [0.717, 1.165) is 18.5 Å². The number of nitrogens with zero attached hydrogens (tertiary/aromatic N) is 1. The van der Waals surface area contributed by atoms with Crippen molar-refractivity contribution in [3.63, 3.8) is 0 Å². The van der Waals surface area contributed by atoms with E-state index in [1.165, 1.54) is 6.07 Å². The molecule has 1 aromatic rings. The molecule has 0 aliphatic heterocycles. The lowest BCUT2D eigenvalue weighted by molar-refractivity contribution is 0.593. The Balaban J connectivity index is 3.06. The quantitative estimate of drug-likeness (QED) is 0.779. The van der Waals surface area contributed by atoms with Gasteiger partial charge in [0, 0.05) is 5.69 Å². The highest BCUT2D eigenvalue weighted by molar-refractivity contribution is 7.89. The van der Waals surface area contributed by atoms with Crippen LogP contribution in [0.1, 0.15) is 19.0 Å². The zero-order valence-electron chi connectivity index (χ0n) is 7.40. The number of aryl methyl sites for hydroxylation is 1. The van der Waals surface area contributed by atoms with Gasteiger partial charge in [0.05, 0.1) is 0 Å². The molecule has 0 spiro atoms. The number of hydrogen-bond donors (Lipinski definition) is 1. The molecule has 1 aromatic heterocycles. The average Bonchev–Trinajstić information content (AvgIpc) is 2.04. The summed E-state index contributed by atoms with van der Waals surface area (Å²) in [6.45, 7) is 2.01. The summed E-state index contributed by atoms with van der Waals surface area (Å²) in [6, 6.07) is 4.84. The van der Waals surface area contributed by atoms with E-state index in [-0.39, 0.29) is 5.03 Å². The van der Waals surface area contributed by atoms with Gasteiger partial charge in [-0.3, -0.25) is 0 Å². The maximum Gasteiger partial charge on any atom is 0.255 e. The molecule has 0 unspecified atom stereocenters. The standard InChI is InChI=1S/C8H12N2O2S/c1-2-4-7-5-3-6-8(10-7)13(9,11)12/h3,5-6H,2,4H2,1H3,(H2,9,11,12). The summed E-state index contributed by atoms with van der Waals surface area (Å²) >= 11 is 0. The second-order valence-electron chi connectivity index (χ2n) is 2.76. The fraction of sp³-hybridized carbons (Fsp3) is 0.375. The highest BCUT2D eigenvalue weighted by atomic mass is 32.2. The Morgan fingerprint density at radius 1 is 1.46 bits per heavy atom. The molecule has 0 aliphatic carbocycles. The van der Waals surface area contributed by atoms with E-state index < -0.39 is 10.0 Å². The monoisotopic (exact) mass is 200 g/mol. The summed E-state index contributed by atoms with van der Waals surface area (Å²) in [7, 11) is -3.65. The van der Waals surface area contributed by atoms with Crippen LogP contribution in [0.2, 0.25) is 0 Å². The van der Waals surface area contributed by atoms with Crippen molar-refractivity contribution >= 4 is 10.0 Å². The van der Waals surface area contributed by atoms with Crippen molar-refractivity contribution in [1.82, 2.24) is 4.98 Å². The van der Waals surface area contributed by atoms with Crippen molar-refractivity contribution in [3.05, 3.63) is 23.9 Å². The summed E-state index contributed by atoms with van der Waals surface area (Å²) in [6.07, 6.45) is 1.70. The highest BCUT2D eigenvalue weighted by Crippen LogP contribution is 2.05. The number of rotatable bonds is 3. The third-order valence-corrected chi connectivity index (χ3v) is 2.39. The van der Waals surface area contributed by atoms with Gasteiger partial charge in [-0.05, 0) is 18.6 Å². The molecule has 0 aliphatic rings. The minimum absolute atomic E-state index is 0.0570. The molecule has 13 heavy (non-hydrogen) atoms. The number of hydrogen-bond acceptors (Lipinski definition) is 3. The van der Waals surface area contributed by atoms with Crippen LogP contribution in [0, 0.1) is 0 Å². The van der Waals surface area contributed by atoms with Crippen molar-refractivity contribution in [2.75, 3.05) is 0 Å². The second kappa shape index (κ2) is 3.85. The molecule has 0 aromatic carbocycles. The van der Waals surface area contributed by atoms with Crippen LogP contribution in [0.4, 0.5) is 0 Å². The normalized spacial score (nSPS) is 11.5. The van der Waals surface area contributed by atoms with Crippen molar-refractivity contribution in [2.24, 2.45) is 5.14 Å². The van der Waals surface area contributed by atoms with Crippen LogP contribution in [0.25, 0.3) is 0 Å². The van der Waals surface area contributed by atoms with Gasteiger partial charge >= 0.3 is 0 Å². The van der Waals surface area contributed by atoms with Crippen LogP contribution in [0.3, 0.4) is 0 Å². The Morgan fingerprint density at radius 3 is 2.69 bits per heavy atom. The highest BCUT2D eigenvalue weighted by Gasteiger charge is 2.08. The van der Waals surface area contributed by atoms with Crippen LogP contribution in [0.15, 0.2) is 23.2 Å². The fourth-order valence-electron chi connectivity index (χ4n) is 1.01. The maximum absolute atomic E-state index is 10.9. The molecule has 0 amide bonds. The largest absolute Gasteiger partial charge is 0.255 e. The van der Waals surface area contributed by atoms with Crippen LogP contribution in [0.5, 0.6) is 0 Å². The maximum atomic E-state index is 10.9. The predicted octanol–water partition coefficient (Wildman–Crippen LogP) is 0.682. The number of primary sulfonamides is 1. The number of sulfonamides is 1. The van der Waals surface area contributed by atoms with Crippen molar-refractivity contribution < 1.29 is 8.42 Å². The third-order valence-electron chi connectivity index (χ3n) is 1.58. The number of nitrogens with two attached hydrogens (primary N) is 1. The molecule has 1 rings (SSSR count). The van der Waals surface area contributed by atoms with Gasteiger partial charge in [-0.1, -0.05) is 19.4 Å². The first-order chi connectivity index (χ1) is 6.04. The Morgan fingerprint density at radius 2 is 2.15 bits per heavy atom. The molecular weight excluding hydrogens is 188 g/mol. The Hall–Kier alpha value is -0.940. The van der Waals surface area contributed by atoms with Crippen LogP contribution < -0.4 is 5.14 Å². The Bertz CT molecular complexity index is 387. The van der Waals surface area contributed by atoms with E-state index in [1.807, 2.05) is 6.92 Å². The minimum Gasteiger partial charge on any atom is -0.240 e. The van der Waals surface area contributed by atoms with E-state index >= 15 is 0 Å². The van der Waals surface area contributed by atoms with E-state index in [2.05, 4.69) is 4.98 Å². The van der Waals surface area contributed by atoms with Gasteiger partial charge in [-0.2, -0.15) is 0 Å². The molecule has 0 atom stereocenters. The number of aromatic nitrogens is 1. The lowest BCUT2D eigenvalue weighted by Gasteiger charge is -2.00. The molecule has 2 N–H and O–H groups in total. The molecule has 72 valence electrons. The fourth-order valence-corrected chi connectivity index (χ4v) is 1.52. The predicted molar refractivity (Wildman–Crippen MR) is 49.6 cm³/mol. The number of pyridine rings is 1. The zero-order valence-corrected chi connectivity index (χ0v) is 8.21. The van der Waals surface area contributed by atoms with Gasteiger partial charge in [-0.15, -0.1) is 0 Å². The molecule has 0 saturated carbocycles. The van der Waals surface area contributed by atoms with E-state index in [1.54, 1.807) is 12.1 Å². The molecule has 0 fully saturated rings. The Kier molecular flexibility index (Phi) is 3.00. The van der Waals surface area contributed by atoms with Gasteiger partial charge in [0.2, 0.25) is 0 Å². The minimum atomic E-state index is -3.65. The summed E-state index contributed by atoms with van der Waals surface area (Å²) in [5, 5.41) is 4.87. The third kappa shape index (κ3) is 2.78. The molecule has 0 bridgehead atoms. The van der Waals surface area contributed by atoms with Gasteiger partial charge in [0.25, 0.3) is 10.0 Å². The lowest BCUT2D eigenvalue weighted by Crippen LogP contribution is -2.14. The van der Waals surface area contributed by atoms with Gasteiger partial charge in [-0.25, -0.2) is 18.5 Å². The first kappa shape index (κ1) is 10.1. The van der Waals surface area contributed by atoms with Gasteiger partial charge in [0.1, 0.15) is 0 Å². The topological polar surface area (TPSA) is 73.1 Å². The van der Waals surface area contributed by atoms with Gasteiger partial charge in [0.15, 0.2) is 5.03 Å². The van der Waals surface area contributed by atoms with Crippen molar-refractivity contribution in [1.29, 1.82) is 0 Å². The van der Waals surface area contributed by atoms with E-state index in [4.69, 9.17) is 5.14 Å². The summed E-state index contributed by atoms with van der Waals surface area (Å²) in [5.74, 6) is 0. The average molecular weight is 200 g/mol. The molecule has 0 radical (unpaired) electrons. The van der Waals surface area contributed by atoms with E-state index in [9.17, 15) is 8.42 Å². The summed E-state index contributed by atoms with van der Waals surface area (Å²) < 4.78 is 21.8. The van der Waals surface area contributed by atoms with E-state index in [0.29, 0.717) is 0 Å². The molecule has 0 saturated heterocycles. The van der Waals surface area contributed by atoms with Crippen LogP contribution in [-0.4, -0.2) is 13.4 Å².